The predicted molar refractivity (Wildman–Crippen MR) is 103 cm³/mol. The van der Waals surface area contributed by atoms with Gasteiger partial charge in [-0.15, -0.1) is 11.3 Å². The van der Waals surface area contributed by atoms with Crippen molar-refractivity contribution >= 4 is 23.3 Å². The number of ether oxygens (including phenoxy) is 2. The van der Waals surface area contributed by atoms with Crippen LogP contribution in [0.4, 0.5) is 4.79 Å². The number of aromatic nitrogens is 1. The summed E-state index contributed by atoms with van der Waals surface area (Å²) in [6.45, 7) is 10.4. The maximum absolute atomic E-state index is 12.8. The van der Waals surface area contributed by atoms with Crippen LogP contribution in [0.3, 0.4) is 0 Å². The van der Waals surface area contributed by atoms with Gasteiger partial charge in [-0.1, -0.05) is 6.92 Å². The highest BCUT2D eigenvalue weighted by Crippen LogP contribution is 2.31. The molecule has 1 aromatic rings. The molecule has 150 valence electrons. The lowest BCUT2D eigenvalue weighted by atomic mass is 9.89. The molecule has 7 nitrogen and oxygen atoms in total. The number of likely N-dealkylation sites (tertiary alicyclic amines) is 1. The lowest BCUT2D eigenvalue weighted by molar-refractivity contribution is -0.126. The highest BCUT2D eigenvalue weighted by Gasteiger charge is 2.42. The third-order valence-electron chi connectivity index (χ3n) is 4.96. The molecule has 0 saturated carbocycles. The molecule has 1 spiro atoms. The molecule has 8 heteroatoms. The Kier molecular flexibility index (Phi) is 5.76. The first-order chi connectivity index (χ1) is 12.7. The van der Waals surface area contributed by atoms with Crippen LogP contribution in [-0.2, 0) is 15.9 Å². The van der Waals surface area contributed by atoms with E-state index in [0.29, 0.717) is 50.6 Å². The Balaban J connectivity index is 1.59. The molecule has 2 amide bonds. The van der Waals surface area contributed by atoms with Gasteiger partial charge < -0.3 is 19.3 Å². The molecule has 0 aromatic carbocycles. The SMILES string of the molecule is CCc1csc(C(=O)N2CCOC3(CCN(C(=O)OC(C)(C)C)CC3)C2)n1. The van der Waals surface area contributed by atoms with E-state index >= 15 is 0 Å². The quantitative estimate of drug-likeness (QED) is 0.770. The van der Waals surface area contributed by atoms with Crippen LogP contribution in [-0.4, -0.2) is 70.8 Å². The molecule has 0 N–H and O–H groups in total. The largest absolute Gasteiger partial charge is 0.444 e. The van der Waals surface area contributed by atoms with E-state index < -0.39 is 5.60 Å². The standard InChI is InChI=1S/C19H29N3O4S/c1-5-14-12-27-15(20-14)16(23)22-10-11-25-19(13-22)6-8-21(9-7-19)17(24)26-18(2,3)4/h12H,5-11,13H2,1-4H3. The van der Waals surface area contributed by atoms with E-state index in [9.17, 15) is 9.59 Å². The number of hydrogen-bond acceptors (Lipinski definition) is 6. The summed E-state index contributed by atoms with van der Waals surface area (Å²) in [4.78, 5) is 33.1. The van der Waals surface area contributed by atoms with Gasteiger partial charge in [0.05, 0.1) is 24.4 Å². The first-order valence-electron chi connectivity index (χ1n) is 9.57. The summed E-state index contributed by atoms with van der Waals surface area (Å²) in [5.41, 5.74) is 0.0796. The zero-order valence-electron chi connectivity index (χ0n) is 16.6. The second-order valence-corrected chi connectivity index (χ2v) is 9.08. The van der Waals surface area contributed by atoms with Gasteiger partial charge >= 0.3 is 6.09 Å². The molecule has 3 rings (SSSR count). The first-order valence-corrected chi connectivity index (χ1v) is 10.4. The van der Waals surface area contributed by atoms with Crippen molar-refractivity contribution in [2.75, 3.05) is 32.8 Å². The number of rotatable bonds is 2. The predicted octanol–water partition coefficient (Wildman–Crippen LogP) is 2.95. The third-order valence-corrected chi connectivity index (χ3v) is 5.84. The first kappa shape index (κ1) is 20.1. The Morgan fingerprint density at radius 3 is 2.56 bits per heavy atom. The second kappa shape index (κ2) is 7.75. The van der Waals surface area contributed by atoms with Crippen LogP contribution in [0.25, 0.3) is 0 Å². The van der Waals surface area contributed by atoms with Crippen LogP contribution < -0.4 is 0 Å². The van der Waals surface area contributed by atoms with Crippen molar-refractivity contribution in [2.45, 2.75) is 58.2 Å². The van der Waals surface area contributed by atoms with Crippen LogP contribution in [0.15, 0.2) is 5.38 Å². The number of nitrogens with zero attached hydrogens (tertiary/aromatic N) is 3. The summed E-state index contributed by atoms with van der Waals surface area (Å²) in [7, 11) is 0. The lowest BCUT2D eigenvalue weighted by Crippen LogP contribution is -2.58. The molecule has 2 fully saturated rings. The molecule has 2 saturated heterocycles. The fourth-order valence-corrected chi connectivity index (χ4v) is 4.31. The molecule has 2 aliphatic heterocycles. The summed E-state index contributed by atoms with van der Waals surface area (Å²) in [5.74, 6) is -0.0167. The summed E-state index contributed by atoms with van der Waals surface area (Å²) in [6, 6.07) is 0. The van der Waals surface area contributed by atoms with Crippen molar-refractivity contribution in [2.24, 2.45) is 0 Å². The molecule has 0 aliphatic carbocycles. The molecule has 0 atom stereocenters. The van der Waals surface area contributed by atoms with E-state index in [2.05, 4.69) is 4.98 Å². The Morgan fingerprint density at radius 1 is 1.26 bits per heavy atom. The molecule has 27 heavy (non-hydrogen) atoms. The van der Waals surface area contributed by atoms with E-state index in [4.69, 9.17) is 9.47 Å². The highest BCUT2D eigenvalue weighted by atomic mass is 32.1. The minimum Gasteiger partial charge on any atom is -0.444 e. The van der Waals surface area contributed by atoms with E-state index in [0.717, 1.165) is 12.1 Å². The van der Waals surface area contributed by atoms with E-state index in [-0.39, 0.29) is 17.6 Å². The number of thiazole rings is 1. The molecule has 2 aliphatic rings. The maximum Gasteiger partial charge on any atom is 0.410 e. The number of hydrogen-bond donors (Lipinski definition) is 0. The summed E-state index contributed by atoms with van der Waals surface area (Å²) < 4.78 is 11.5. The number of aryl methyl sites for hydroxylation is 1. The van der Waals surface area contributed by atoms with Gasteiger partial charge in [0, 0.05) is 25.0 Å². The van der Waals surface area contributed by atoms with Crippen molar-refractivity contribution in [3.63, 3.8) is 0 Å². The molecular formula is C19H29N3O4S. The minimum absolute atomic E-state index is 0.0167. The van der Waals surface area contributed by atoms with Crippen molar-refractivity contribution in [3.8, 4) is 0 Å². The molecule has 1 aromatic heterocycles. The Morgan fingerprint density at radius 2 is 1.96 bits per heavy atom. The molecule has 0 unspecified atom stereocenters. The number of amides is 2. The van der Waals surface area contributed by atoms with E-state index in [1.165, 1.54) is 11.3 Å². The molecule has 0 bridgehead atoms. The fourth-order valence-electron chi connectivity index (χ4n) is 3.45. The minimum atomic E-state index is -0.498. The molecule has 0 radical (unpaired) electrons. The van der Waals surface area contributed by atoms with Crippen LogP contribution >= 0.6 is 11.3 Å². The van der Waals surface area contributed by atoms with Crippen LogP contribution in [0.1, 0.15) is 56.0 Å². The Bertz CT molecular complexity index is 689. The Hall–Kier alpha value is -1.67. The fraction of sp³-hybridized carbons (Fsp3) is 0.737. The van der Waals surface area contributed by atoms with Crippen molar-refractivity contribution in [3.05, 3.63) is 16.1 Å². The van der Waals surface area contributed by atoms with Crippen molar-refractivity contribution < 1.29 is 19.1 Å². The summed E-state index contributed by atoms with van der Waals surface area (Å²) in [5, 5.41) is 2.50. The molecule has 3 heterocycles. The number of carbonyl (C=O) groups is 2. The topological polar surface area (TPSA) is 72.0 Å². The monoisotopic (exact) mass is 395 g/mol. The third kappa shape index (κ3) is 4.79. The van der Waals surface area contributed by atoms with Crippen molar-refractivity contribution in [1.82, 2.24) is 14.8 Å². The zero-order chi connectivity index (χ0) is 19.7. The summed E-state index contributed by atoms with van der Waals surface area (Å²) in [6.07, 6.45) is 1.95. The van der Waals surface area contributed by atoms with E-state index in [1.54, 1.807) is 4.90 Å². The van der Waals surface area contributed by atoms with Gasteiger partial charge in [0.15, 0.2) is 5.01 Å². The highest BCUT2D eigenvalue weighted by molar-refractivity contribution is 7.11. The smallest absolute Gasteiger partial charge is 0.410 e. The average Bonchev–Trinajstić information content (AvgIpc) is 3.09. The van der Waals surface area contributed by atoms with Gasteiger partial charge in [-0.25, -0.2) is 9.78 Å². The van der Waals surface area contributed by atoms with Gasteiger partial charge in [-0.05, 0) is 40.0 Å². The molecular weight excluding hydrogens is 366 g/mol. The van der Waals surface area contributed by atoms with Crippen LogP contribution in [0, 0.1) is 0 Å². The average molecular weight is 396 g/mol. The van der Waals surface area contributed by atoms with Crippen LogP contribution in [0.2, 0.25) is 0 Å². The number of piperidine rings is 1. The summed E-state index contributed by atoms with van der Waals surface area (Å²) >= 11 is 1.41. The Labute approximate surface area is 164 Å². The van der Waals surface area contributed by atoms with Crippen molar-refractivity contribution in [1.29, 1.82) is 0 Å². The van der Waals surface area contributed by atoms with Gasteiger partial charge in [0.1, 0.15) is 5.60 Å². The second-order valence-electron chi connectivity index (χ2n) is 8.22. The normalized spacial score (nSPS) is 20.0. The number of morpholine rings is 1. The van der Waals surface area contributed by atoms with Gasteiger partial charge in [0.25, 0.3) is 5.91 Å². The van der Waals surface area contributed by atoms with Gasteiger partial charge in [-0.2, -0.15) is 0 Å². The van der Waals surface area contributed by atoms with Gasteiger partial charge in [0.2, 0.25) is 0 Å². The van der Waals surface area contributed by atoms with E-state index in [1.807, 2.05) is 38.0 Å². The number of carbonyl (C=O) groups excluding carboxylic acids is 2. The zero-order valence-corrected chi connectivity index (χ0v) is 17.4. The van der Waals surface area contributed by atoms with Gasteiger partial charge in [-0.3, -0.25) is 4.79 Å². The van der Waals surface area contributed by atoms with Crippen LogP contribution in [0.5, 0.6) is 0 Å². The maximum atomic E-state index is 12.8. The lowest BCUT2D eigenvalue weighted by Gasteiger charge is -2.47.